The van der Waals surface area contributed by atoms with Crippen molar-refractivity contribution in [2.45, 2.75) is 6.42 Å². The molecule has 0 aliphatic heterocycles. The molecular formula is C15H18ClN3O3. The smallest absolute Gasteiger partial charge is 0.256 e. The number of rotatable bonds is 6. The topological polar surface area (TPSA) is 65.4 Å². The predicted molar refractivity (Wildman–Crippen MR) is 83.8 cm³/mol. The molecule has 6 nitrogen and oxygen atoms in total. The Hall–Kier alpha value is -2.21. The van der Waals surface area contributed by atoms with Crippen molar-refractivity contribution in [2.75, 3.05) is 20.8 Å². The molecule has 2 aromatic rings. The Balaban J connectivity index is 1.94. The minimum Gasteiger partial charge on any atom is -0.493 e. The average molecular weight is 324 g/mol. The van der Waals surface area contributed by atoms with Crippen molar-refractivity contribution < 1.29 is 14.3 Å². The maximum absolute atomic E-state index is 12.0. The third-order valence-corrected chi connectivity index (χ3v) is 3.71. The fourth-order valence-electron chi connectivity index (χ4n) is 2.03. The van der Waals surface area contributed by atoms with Crippen LogP contribution in [0.1, 0.15) is 15.9 Å². The van der Waals surface area contributed by atoms with Gasteiger partial charge >= 0.3 is 0 Å². The Bertz CT molecular complexity index is 670. The molecule has 1 aromatic heterocycles. The lowest BCUT2D eigenvalue weighted by Gasteiger charge is -2.10. The first-order chi connectivity index (χ1) is 10.6. The second-order valence-corrected chi connectivity index (χ2v) is 5.03. The number of halogens is 1. The molecule has 0 saturated heterocycles. The first-order valence-electron chi connectivity index (χ1n) is 6.73. The summed E-state index contributed by atoms with van der Waals surface area (Å²) >= 11 is 5.98. The molecule has 0 radical (unpaired) electrons. The van der Waals surface area contributed by atoms with Gasteiger partial charge in [0, 0.05) is 13.6 Å². The minimum atomic E-state index is -0.237. The van der Waals surface area contributed by atoms with E-state index in [4.69, 9.17) is 21.1 Å². The van der Waals surface area contributed by atoms with E-state index in [1.807, 2.05) is 18.2 Å². The van der Waals surface area contributed by atoms with E-state index in [-0.39, 0.29) is 5.91 Å². The van der Waals surface area contributed by atoms with Crippen LogP contribution < -0.4 is 14.8 Å². The van der Waals surface area contributed by atoms with Crippen LogP contribution in [0.2, 0.25) is 5.15 Å². The van der Waals surface area contributed by atoms with Crippen LogP contribution in [0, 0.1) is 0 Å². The van der Waals surface area contributed by atoms with Crippen molar-refractivity contribution in [3.63, 3.8) is 0 Å². The van der Waals surface area contributed by atoms with Crippen molar-refractivity contribution in [2.24, 2.45) is 7.05 Å². The molecule has 0 saturated carbocycles. The predicted octanol–water partition coefficient (Wildman–Crippen LogP) is 2.06. The summed E-state index contributed by atoms with van der Waals surface area (Å²) in [5.41, 5.74) is 1.41. The molecule has 0 aliphatic carbocycles. The van der Waals surface area contributed by atoms with Crippen LogP contribution in [0.25, 0.3) is 0 Å². The molecule has 0 fully saturated rings. The van der Waals surface area contributed by atoms with Gasteiger partial charge in [-0.1, -0.05) is 17.7 Å². The normalized spacial score (nSPS) is 10.4. The summed E-state index contributed by atoms with van der Waals surface area (Å²) in [6, 6.07) is 5.67. The van der Waals surface area contributed by atoms with Crippen LogP contribution in [-0.4, -0.2) is 36.5 Å². The molecule has 1 N–H and O–H groups in total. The highest BCUT2D eigenvalue weighted by molar-refractivity contribution is 6.32. The minimum absolute atomic E-state index is 0.237. The maximum atomic E-state index is 12.0. The van der Waals surface area contributed by atoms with Gasteiger partial charge in [0.1, 0.15) is 5.15 Å². The van der Waals surface area contributed by atoms with E-state index in [0.717, 1.165) is 5.56 Å². The van der Waals surface area contributed by atoms with Gasteiger partial charge < -0.3 is 14.8 Å². The van der Waals surface area contributed by atoms with Crippen LogP contribution in [0.3, 0.4) is 0 Å². The summed E-state index contributed by atoms with van der Waals surface area (Å²) < 4.78 is 11.9. The molecule has 1 heterocycles. The fraction of sp³-hybridized carbons (Fsp3) is 0.333. The number of benzene rings is 1. The number of carbonyl (C=O) groups is 1. The number of hydrogen-bond donors (Lipinski definition) is 1. The molecule has 0 atom stereocenters. The summed E-state index contributed by atoms with van der Waals surface area (Å²) in [6.07, 6.45) is 2.12. The summed E-state index contributed by atoms with van der Waals surface area (Å²) in [5.74, 6) is 1.11. The van der Waals surface area contributed by atoms with Gasteiger partial charge in [-0.2, -0.15) is 5.10 Å². The van der Waals surface area contributed by atoms with Crippen LogP contribution in [0.4, 0.5) is 0 Å². The first kappa shape index (κ1) is 16.2. The van der Waals surface area contributed by atoms with E-state index in [1.165, 1.54) is 10.9 Å². The van der Waals surface area contributed by atoms with Gasteiger partial charge in [0.25, 0.3) is 5.91 Å². The van der Waals surface area contributed by atoms with Gasteiger partial charge in [0.15, 0.2) is 11.5 Å². The Morgan fingerprint density at radius 2 is 2.05 bits per heavy atom. The number of nitrogens with one attached hydrogen (secondary N) is 1. The van der Waals surface area contributed by atoms with E-state index in [1.54, 1.807) is 21.3 Å². The highest BCUT2D eigenvalue weighted by Crippen LogP contribution is 2.27. The van der Waals surface area contributed by atoms with Crippen molar-refractivity contribution in [3.8, 4) is 11.5 Å². The number of methoxy groups -OCH3 is 2. The van der Waals surface area contributed by atoms with E-state index < -0.39 is 0 Å². The number of aromatic nitrogens is 2. The molecule has 1 aromatic carbocycles. The van der Waals surface area contributed by atoms with Crippen molar-refractivity contribution in [1.29, 1.82) is 0 Å². The number of amides is 1. The molecule has 7 heteroatoms. The first-order valence-corrected chi connectivity index (χ1v) is 7.11. The zero-order chi connectivity index (χ0) is 16.1. The van der Waals surface area contributed by atoms with Crippen LogP contribution in [0.15, 0.2) is 24.4 Å². The van der Waals surface area contributed by atoms with Crippen molar-refractivity contribution in [1.82, 2.24) is 15.1 Å². The summed E-state index contributed by atoms with van der Waals surface area (Å²) in [4.78, 5) is 12.0. The van der Waals surface area contributed by atoms with Gasteiger partial charge in [-0.25, -0.2) is 0 Å². The monoisotopic (exact) mass is 323 g/mol. The lowest BCUT2D eigenvalue weighted by Crippen LogP contribution is -2.25. The number of hydrogen-bond acceptors (Lipinski definition) is 4. The third-order valence-electron chi connectivity index (χ3n) is 3.26. The average Bonchev–Trinajstić information content (AvgIpc) is 2.86. The second kappa shape index (κ2) is 7.17. The number of aryl methyl sites for hydroxylation is 1. The molecular weight excluding hydrogens is 306 g/mol. The number of ether oxygens (including phenoxy) is 2. The molecule has 0 spiro atoms. The standard InChI is InChI=1S/C15H18ClN3O3/c1-19-14(16)11(9-18-19)15(20)17-7-6-10-4-5-12(21-2)13(8-10)22-3/h4-5,8-9H,6-7H2,1-3H3,(H,17,20). The Morgan fingerprint density at radius 1 is 1.32 bits per heavy atom. The molecule has 0 bridgehead atoms. The van der Waals surface area contributed by atoms with E-state index in [2.05, 4.69) is 10.4 Å². The number of carbonyl (C=O) groups excluding carboxylic acids is 1. The lowest BCUT2D eigenvalue weighted by atomic mass is 10.1. The second-order valence-electron chi connectivity index (χ2n) is 4.67. The molecule has 22 heavy (non-hydrogen) atoms. The Morgan fingerprint density at radius 3 is 2.64 bits per heavy atom. The Labute approximate surface area is 134 Å². The van der Waals surface area contributed by atoms with Gasteiger partial charge in [-0.3, -0.25) is 9.48 Å². The maximum Gasteiger partial charge on any atom is 0.256 e. The highest BCUT2D eigenvalue weighted by atomic mass is 35.5. The zero-order valence-corrected chi connectivity index (χ0v) is 13.5. The summed E-state index contributed by atoms with van der Waals surface area (Å²) in [7, 11) is 4.87. The molecule has 118 valence electrons. The van der Waals surface area contributed by atoms with Gasteiger partial charge in [0.05, 0.1) is 26.0 Å². The molecule has 2 rings (SSSR count). The van der Waals surface area contributed by atoms with E-state index >= 15 is 0 Å². The highest BCUT2D eigenvalue weighted by Gasteiger charge is 2.13. The van der Waals surface area contributed by atoms with Crippen LogP contribution in [0.5, 0.6) is 11.5 Å². The fourth-order valence-corrected chi connectivity index (χ4v) is 2.20. The summed E-state index contributed by atoms with van der Waals surface area (Å²) in [6.45, 7) is 0.486. The SMILES string of the molecule is COc1ccc(CCNC(=O)c2cnn(C)c2Cl)cc1OC. The third kappa shape index (κ3) is 3.51. The molecule has 0 aliphatic rings. The lowest BCUT2D eigenvalue weighted by molar-refractivity contribution is 0.0954. The van der Waals surface area contributed by atoms with Crippen molar-refractivity contribution >= 4 is 17.5 Å². The molecule has 0 unspecified atom stereocenters. The van der Waals surface area contributed by atoms with E-state index in [9.17, 15) is 4.79 Å². The van der Waals surface area contributed by atoms with Gasteiger partial charge in [-0.05, 0) is 24.1 Å². The van der Waals surface area contributed by atoms with Crippen molar-refractivity contribution in [3.05, 3.63) is 40.7 Å². The molecule has 1 amide bonds. The summed E-state index contributed by atoms with van der Waals surface area (Å²) in [5, 5.41) is 7.08. The Kier molecular flexibility index (Phi) is 5.27. The quantitative estimate of drug-likeness (QED) is 0.883. The van der Waals surface area contributed by atoms with Crippen LogP contribution >= 0.6 is 11.6 Å². The van der Waals surface area contributed by atoms with E-state index in [0.29, 0.717) is 35.2 Å². The van der Waals surface area contributed by atoms with Gasteiger partial charge in [0.2, 0.25) is 0 Å². The largest absolute Gasteiger partial charge is 0.493 e. The zero-order valence-electron chi connectivity index (χ0n) is 12.7. The van der Waals surface area contributed by atoms with Crippen LogP contribution in [-0.2, 0) is 13.5 Å². The van der Waals surface area contributed by atoms with Gasteiger partial charge in [-0.15, -0.1) is 0 Å². The number of nitrogens with zero attached hydrogens (tertiary/aromatic N) is 2.